The van der Waals surface area contributed by atoms with E-state index in [1.807, 2.05) is 26.0 Å². The van der Waals surface area contributed by atoms with Crippen LogP contribution in [0.5, 0.6) is 5.75 Å². The highest BCUT2D eigenvalue weighted by Crippen LogP contribution is 2.43. The van der Waals surface area contributed by atoms with E-state index in [0.29, 0.717) is 31.2 Å². The van der Waals surface area contributed by atoms with Gasteiger partial charge in [-0.1, -0.05) is 30.0 Å². The fraction of sp³-hybridized carbons (Fsp3) is 0.607. The normalized spacial score (nSPS) is 18.6. The fourth-order valence-corrected chi connectivity index (χ4v) is 6.17. The van der Waals surface area contributed by atoms with Crippen molar-refractivity contribution >= 4 is 28.7 Å². The molecular formula is C28H40N3O5+. The Morgan fingerprint density at radius 1 is 1.06 bits per heavy atom. The summed E-state index contributed by atoms with van der Waals surface area (Å²) in [6, 6.07) is 5.85. The average Bonchev–Trinajstić information content (AvgIpc) is 3.41. The predicted molar refractivity (Wildman–Crippen MR) is 137 cm³/mol. The Balaban J connectivity index is 1.71. The van der Waals surface area contributed by atoms with E-state index < -0.39 is 5.97 Å². The first-order chi connectivity index (χ1) is 17.3. The maximum Gasteiger partial charge on any atom is 0.404 e. The van der Waals surface area contributed by atoms with Crippen molar-refractivity contribution in [1.29, 1.82) is 0 Å². The molecule has 36 heavy (non-hydrogen) atoms. The molecule has 1 heterocycles. The van der Waals surface area contributed by atoms with Gasteiger partial charge in [0.2, 0.25) is 5.91 Å². The van der Waals surface area contributed by atoms with Crippen LogP contribution in [0.15, 0.2) is 18.2 Å². The number of nitrogens with zero attached hydrogens (tertiary/aromatic N) is 2. The molecule has 0 saturated heterocycles. The summed E-state index contributed by atoms with van der Waals surface area (Å²) in [4.78, 5) is 43.1. The number of hydrogen-bond acceptors (Lipinski definition) is 5. The first-order valence-corrected chi connectivity index (χ1v) is 13.5. The number of aromatic nitrogens is 1. The highest BCUT2D eigenvalue weighted by Gasteiger charge is 2.36. The molecule has 4 rings (SSSR count). The van der Waals surface area contributed by atoms with Crippen LogP contribution in [0, 0.1) is 5.92 Å². The monoisotopic (exact) mass is 498 g/mol. The lowest BCUT2D eigenvalue weighted by Gasteiger charge is -2.28. The van der Waals surface area contributed by atoms with Gasteiger partial charge < -0.3 is 15.0 Å². The van der Waals surface area contributed by atoms with Gasteiger partial charge >= 0.3 is 11.9 Å². The van der Waals surface area contributed by atoms with Crippen LogP contribution < -0.4 is 10.5 Å². The number of quaternary nitrogens is 1. The number of amides is 2. The van der Waals surface area contributed by atoms with Gasteiger partial charge in [0.15, 0.2) is 6.61 Å². The quantitative estimate of drug-likeness (QED) is 0.331. The Bertz CT molecular complexity index is 1130. The third-order valence-corrected chi connectivity index (χ3v) is 8.18. The van der Waals surface area contributed by atoms with E-state index in [0.717, 1.165) is 42.3 Å². The third kappa shape index (κ3) is 5.01. The first-order valence-electron chi connectivity index (χ1n) is 13.5. The molecule has 1 aromatic carbocycles. The van der Waals surface area contributed by atoms with E-state index in [1.165, 1.54) is 38.3 Å². The summed E-state index contributed by atoms with van der Waals surface area (Å²) < 4.78 is 8.07. The summed E-state index contributed by atoms with van der Waals surface area (Å²) in [5.41, 5.74) is 9.10. The molecule has 1 aromatic heterocycles. The number of carbonyl (C=O) groups excluding carboxylic acids is 3. The predicted octanol–water partition coefficient (Wildman–Crippen LogP) is 4.37. The minimum Gasteiger partial charge on any atom is -0.481 e. The van der Waals surface area contributed by atoms with Gasteiger partial charge in [-0.3, -0.25) is 9.63 Å². The first kappa shape index (κ1) is 26.2. The maximum absolute atomic E-state index is 12.7. The van der Waals surface area contributed by atoms with Crippen molar-refractivity contribution < 1.29 is 28.6 Å². The fourth-order valence-electron chi connectivity index (χ4n) is 6.17. The molecule has 0 aliphatic heterocycles. The summed E-state index contributed by atoms with van der Waals surface area (Å²) >= 11 is 0. The Kier molecular flexibility index (Phi) is 8.03. The molecular weight excluding hydrogens is 458 g/mol. The van der Waals surface area contributed by atoms with Crippen LogP contribution in [-0.2, 0) is 32.2 Å². The van der Waals surface area contributed by atoms with E-state index in [1.54, 1.807) is 0 Å². The molecule has 0 spiro atoms. The van der Waals surface area contributed by atoms with E-state index in [4.69, 9.17) is 15.3 Å². The lowest BCUT2D eigenvalue weighted by molar-refractivity contribution is -1.02. The second-order valence-corrected chi connectivity index (χ2v) is 10.3. The van der Waals surface area contributed by atoms with Crippen molar-refractivity contribution in [3.63, 3.8) is 0 Å². The highest BCUT2D eigenvalue weighted by atomic mass is 16.8. The zero-order valence-corrected chi connectivity index (χ0v) is 21.9. The lowest BCUT2D eigenvalue weighted by Crippen LogP contribution is -2.53. The molecule has 0 radical (unpaired) electrons. The number of nitrogens with two attached hydrogens (primary N) is 1. The highest BCUT2D eigenvalue weighted by molar-refractivity contribution is 5.97. The summed E-state index contributed by atoms with van der Waals surface area (Å²) in [7, 11) is 0. The summed E-state index contributed by atoms with van der Waals surface area (Å²) in [5.74, 6) is -0.355. The minimum absolute atomic E-state index is 0.228. The zero-order valence-electron chi connectivity index (χ0n) is 21.9. The third-order valence-electron chi connectivity index (χ3n) is 8.18. The van der Waals surface area contributed by atoms with Crippen LogP contribution in [0.3, 0.4) is 0 Å². The number of carbonyl (C=O) groups is 3. The van der Waals surface area contributed by atoms with Gasteiger partial charge in [-0.15, -0.1) is 0 Å². The van der Waals surface area contributed by atoms with Crippen molar-refractivity contribution in [3.05, 3.63) is 29.5 Å². The van der Waals surface area contributed by atoms with Crippen LogP contribution in [-0.4, -0.2) is 46.7 Å². The second-order valence-electron chi connectivity index (χ2n) is 10.3. The van der Waals surface area contributed by atoms with Crippen LogP contribution in [0.1, 0.15) is 82.9 Å². The molecule has 1 saturated carbocycles. The van der Waals surface area contributed by atoms with Crippen LogP contribution >= 0.6 is 0 Å². The SMILES string of the molecule is CC[N+](CC)(OC(=O)COc1cccc2c1c1c(n2CC2CCCC2)CCCCC1C(N)=O)C(C)=O. The van der Waals surface area contributed by atoms with Crippen molar-refractivity contribution in [2.24, 2.45) is 11.7 Å². The number of primary amides is 1. The standard InChI is InChI=1S/C28H39N3O5/c1-4-31(5-2,19(3)32)36-25(33)18-35-24-16-10-15-23-27(24)26-21(28(29)34)13-8-9-14-22(26)30(23)17-20-11-6-7-12-20/h10,15-16,20-21H,4-9,11-14,17-18H2,1-3H3,(H-,29,34)/p+1. The molecule has 2 aliphatic rings. The van der Waals surface area contributed by atoms with E-state index in [9.17, 15) is 14.4 Å². The molecule has 2 aliphatic carbocycles. The number of rotatable bonds is 8. The lowest BCUT2D eigenvalue weighted by atomic mass is 9.92. The molecule has 0 bridgehead atoms. The van der Waals surface area contributed by atoms with Crippen molar-refractivity contribution in [2.45, 2.75) is 84.6 Å². The Morgan fingerprint density at radius 3 is 2.39 bits per heavy atom. The van der Waals surface area contributed by atoms with Crippen LogP contribution in [0.4, 0.5) is 0 Å². The Hall–Kier alpha value is -2.87. The Labute approximate surface area is 213 Å². The smallest absolute Gasteiger partial charge is 0.404 e. The van der Waals surface area contributed by atoms with Gasteiger partial charge in [-0.2, -0.15) is 0 Å². The zero-order chi connectivity index (χ0) is 25.9. The second kappa shape index (κ2) is 11.0. The number of hydroxylamine groups is 3. The number of benzene rings is 1. The molecule has 1 atom stereocenters. The minimum atomic E-state index is -0.603. The molecule has 1 fully saturated rings. The van der Waals surface area contributed by atoms with Crippen LogP contribution in [0.25, 0.3) is 10.9 Å². The van der Waals surface area contributed by atoms with Gasteiger partial charge in [0.1, 0.15) is 18.8 Å². The molecule has 2 aromatic rings. The molecule has 196 valence electrons. The summed E-state index contributed by atoms with van der Waals surface area (Å²) in [6.45, 7) is 6.35. The largest absolute Gasteiger partial charge is 0.481 e. The van der Waals surface area contributed by atoms with E-state index >= 15 is 0 Å². The van der Waals surface area contributed by atoms with Gasteiger partial charge in [0, 0.05) is 17.6 Å². The molecule has 8 heteroatoms. The van der Waals surface area contributed by atoms with Gasteiger partial charge in [0.05, 0.1) is 18.4 Å². The van der Waals surface area contributed by atoms with Crippen molar-refractivity contribution in [3.8, 4) is 5.75 Å². The topological polar surface area (TPSA) is 101 Å². The van der Waals surface area contributed by atoms with Crippen molar-refractivity contribution in [2.75, 3.05) is 19.7 Å². The molecule has 2 N–H and O–H groups in total. The average molecular weight is 499 g/mol. The number of fused-ring (bicyclic) bond motifs is 3. The Morgan fingerprint density at radius 2 is 1.75 bits per heavy atom. The molecule has 8 nitrogen and oxygen atoms in total. The van der Waals surface area contributed by atoms with Crippen molar-refractivity contribution in [1.82, 2.24) is 4.57 Å². The summed E-state index contributed by atoms with van der Waals surface area (Å²) in [6.07, 6.45) is 8.55. The van der Waals surface area contributed by atoms with E-state index in [-0.39, 0.29) is 29.0 Å². The number of hydrogen-bond donors (Lipinski definition) is 1. The van der Waals surface area contributed by atoms with Crippen LogP contribution in [0.2, 0.25) is 0 Å². The van der Waals surface area contributed by atoms with E-state index in [2.05, 4.69) is 10.6 Å². The summed E-state index contributed by atoms with van der Waals surface area (Å²) in [5, 5.41) is 0.877. The number of ether oxygens (including phenoxy) is 1. The van der Waals surface area contributed by atoms with Gasteiger partial charge in [-0.05, 0) is 69.6 Å². The van der Waals surface area contributed by atoms with Gasteiger partial charge in [0.25, 0.3) is 0 Å². The van der Waals surface area contributed by atoms with Gasteiger partial charge in [-0.25, -0.2) is 9.59 Å². The maximum atomic E-state index is 12.7. The molecule has 2 amide bonds. The molecule has 1 unspecified atom stereocenters.